The number of nitrogens with two attached hydrogens (primary N) is 1. The Morgan fingerprint density at radius 3 is 2.50 bits per heavy atom. The maximum Gasteiger partial charge on any atom is 0.148 e. The van der Waals surface area contributed by atoms with E-state index in [1.165, 1.54) is 14.0 Å². The van der Waals surface area contributed by atoms with Gasteiger partial charge in [0.15, 0.2) is 0 Å². The molecule has 0 rings (SSSR count). The molecule has 0 aromatic carbocycles. The van der Waals surface area contributed by atoms with E-state index in [0.29, 0.717) is 6.61 Å². The lowest BCUT2D eigenvalue weighted by Crippen LogP contribution is -2.32. The summed E-state index contributed by atoms with van der Waals surface area (Å²) in [6.45, 7) is 1.76. The molecule has 0 aliphatic heterocycles. The van der Waals surface area contributed by atoms with Crippen LogP contribution >= 0.6 is 0 Å². The minimum Gasteiger partial charge on any atom is -0.383 e. The third-order valence-electron chi connectivity index (χ3n) is 0.868. The van der Waals surface area contributed by atoms with Crippen LogP contribution in [0.25, 0.3) is 0 Å². The van der Waals surface area contributed by atoms with E-state index in [0.717, 1.165) is 0 Å². The van der Waals surface area contributed by atoms with Crippen LogP contribution in [0.15, 0.2) is 0 Å². The quantitative estimate of drug-likeness (QED) is 0.544. The Kier molecular flexibility index (Phi) is 3.39. The first-order valence-electron chi connectivity index (χ1n) is 2.43. The second-order valence-corrected chi connectivity index (χ2v) is 1.67. The van der Waals surface area contributed by atoms with Crippen LogP contribution in [0.4, 0.5) is 0 Å². The summed E-state index contributed by atoms with van der Waals surface area (Å²) in [6, 6.07) is -0.444. The molecule has 0 aliphatic carbocycles. The third-order valence-corrected chi connectivity index (χ3v) is 0.868. The molecule has 0 saturated carbocycles. The van der Waals surface area contributed by atoms with E-state index in [1.807, 2.05) is 0 Å². The first kappa shape index (κ1) is 7.59. The molecule has 0 aromatic heterocycles. The zero-order valence-corrected chi connectivity index (χ0v) is 5.18. The number of ether oxygens (including phenoxy) is 1. The van der Waals surface area contributed by atoms with Crippen LogP contribution in [0, 0.1) is 0 Å². The van der Waals surface area contributed by atoms with Gasteiger partial charge in [-0.3, -0.25) is 4.79 Å². The second-order valence-electron chi connectivity index (χ2n) is 1.67. The lowest BCUT2D eigenvalue weighted by atomic mass is 10.2. The Balaban J connectivity index is 3.32. The fourth-order valence-electron chi connectivity index (χ4n) is 0.297. The number of hydrogen-bond donors (Lipinski definition) is 1. The maximum absolute atomic E-state index is 10.3. The van der Waals surface area contributed by atoms with E-state index in [2.05, 4.69) is 4.74 Å². The summed E-state index contributed by atoms with van der Waals surface area (Å²) in [6.07, 6.45) is 0. The van der Waals surface area contributed by atoms with E-state index in [1.54, 1.807) is 0 Å². The molecule has 0 spiro atoms. The topological polar surface area (TPSA) is 52.3 Å². The Labute approximate surface area is 48.8 Å². The SMILES string of the molecule is COC[C@@H](N)C(C)=O. The molecular weight excluding hydrogens is 106 g/mol. The van der Waals surface area contributed by atoms with Crippen molar-refractivity contribution in [3.8, 4) is 0 Å². The monoisotopic (exact) mass is 117 g/mol. The van der Waals surface area contributed by atoms with Gasteiger partial charge in [0, 0.05) is 7.11 Å². The van der Waals surface area contributed by atoms with Crippen molar-refractivity contribution >= 4 is 5.78 Å². The summed E-state index contributed by atoms with van der Waals surface area (Å²) in [7, 11) is 1.52. The van der Waals surface area contributed by atoms with Crippen LogP contribution in [0.1, 0.15) is 6.92 Å². The molecule has 0 radical (unpaired) electrons. The normalized spacial score (nSPS) is 13.4. The summed E-state index contributed by atoms with van der Waals surface area (Å²) in [5.41, 5.74) is 5.25. The fraction of sp³-hybridized carbons (Fsp3) is 0.800. The summed E-state index contributed by atoms with van der Waals surface area (Å²) in [4.78, 5) is 10.3. The summed E-state index contributed by atoms with van der Waals surface area (Å²) < 4.78 is 4.62. The molecule has 1 atom stereocenters. The molecule has 8 heavy (non-hydrogen) atoms. The summed E-state index contributed by atoms with van der Waals surface area (Å²) >= 11 is 0. The Bertz CT molecular complexity index is 82.5. The van der Waals surface area contributed by atoms with E-state index >= 15 is 0 Å². The largest absolute Gasteiger partial charge is 0.383 e. The van der Waals surface area contributed by atoms with Crippen LogP contribution < -0.4 is 5.73 Å². The highest BCUT2D eigenvalue weighted by Gasteiger charge is 2.04. The number of carbonyl (C=O) groups excluding carboxylic acids is 1. The molecule has 0 aliphatic rings. The Morgan fingerprint density at radius 1 is 1.88 bits per heavy atom. The zero-order chi connectivity index (χ0) is 6.57. The van der Waals surface area contributed by atoms with Crippen molar-refractivity contribution in [3.63, 3.8) is 0 Å². The molecule has 0 aromatic rings. The van der Waals surface area contributed by atoms with Gasteiger partial charge in [-0.25, -0.2) is 0 Å². The van der Waals surface area contributed by atoms with Gasteiger partial charge in [0.2, 0.25) is 0 Å². The van der Waals surface area contributed by atoms with Crippen molar-refractivity contribution in [2.45, 2.75) is 13.0 Å². The van der Waals surface area contributed by atoms with Crippen LogP contribution in [-0.4, -0.2) is 25.5 Å². The number of carbonyl (C=O) groups is 1. The highest BCUT2D eigenvalue weighted by Crippen LogP contribution is 1.79. The van der Waals surface area contributed by atoms with E-state index in [9.17, 15) is 4.79 Å². The first-order chi connectivity index (χ1) is 3.68. The molecule has 3 heteroatoms. The maximum atomic E-state index is 10.3. The lowest BCUT2D eigenvalue weighted by Gasteiger charge is -2.03. The van der Waals surface area contributed by atoms with Crippen LogP contribution in [0.5, 0.6) is 0 Å². The van der Waals surface area contributed by atoms with Crippen LogP contribution in [0.3, 0.4) is 0 Å². The predicted molar refractivity (Wildman–Crippen MR) is 30.5 cm³/mol. The molecule has 48 valence electrons. The average molecular weight is 117 g/mol. The van der Waals surface area contributed by atoms with Gasteiger partial charge in [-0.05, 0) is 6.92 Å². The number of methoxy groups -OCH3 is 1. The molecule has 3 nitrogen and oxygen atoms in total. The molecule has 0 fully saturated rings. The van der Waals surface area contributed by atoms with E-state index in [4.69, 9.17) is 5.73 Å². The van der Waals surface area contributed by atoms with Crippen LogP contribution in [0.2, 0.25) is 0 Å². The van der Waals surface area contributed by atoms with Gasteiger partial charge in [-0.2, -0.15) is 0 Å². The van der Waals surface area contributed by atoms with Gasteiger partial charge in [-0.15, -0.1) is 0 Å². The highest BCUT2D eigenvalue weighted by atomic mass is 16.5. The van der Waals surface area contributed by atoms with Crippen molar-refractivity contribution in [2.75, 3.05) is 13.7 Å². The molecule has 0 unspecified atom stereocenters. The smallest absolute Gasteiger partial charge is 0.148 e. The minimum atomic E-state index is -0.444. The predicted octanol–water partition coefficient (Wildman–Crippen LogP) is -0.451. The van der Waals surface area contributed by atoms with Crippen molar-refractivity contribution in [2.24, 2.45) is 5.73 Å². The lowest BCUT2D eigenvalue weighted by molar-refractivity contribution is -0.119. The number of ketones is 1. The minimum absolute atomic E-state index is 0.0353. The van der Waals surface area contributed by atoms with Crippen molar-refractivity contribution in [3.05, 3.63) is 0 Å². The number of hydrogen-bond acceptors (Lipinski definition) is 3. The number of rotatable bonds is 3. The zero-order valence-electron chi connectivity index (χ0n) is 5.18. The van der Waals surface area contributed by atoms with Gasteiger partial charge in [0.25, 0.3) is 0 Å². The summed E-state index contributed by atoms with van der Waals surface area (Å²) in [5.74, 6) is -0.0353. The van der Waals surface area contributed by atoms with Crippen LogP contribution in [-0.2, 0) is 9.53 Å². The average Bonchev–Trinajstić information content (AvgIpc) is 1.67. The summed E-state index contributed by atoms with van der Waals surface area (Å²) in [5, 5.41) is 0. The van der Waals surface area contributed by atoms with Gasteiger partial charge < -0.3 is 10.5 Å². The molecule has 0 amide bonds. The number of Topliss-reactive ketones (excluding diaryl/α,β-unsaturated/α-hetero) is 1. The van der Waals surface area contributed by atoms with Gasteiger partial charge >= 0.3 is 0 Å². The van der Waals surface area contributed by atoms with E-state index < -0.39 is 6.04 Å². The molecular formula is C5H11NO2. The second kappa shape index (κ2) is 3.57. The van der Waals surface area contributed by atoms with E-state index in [-0.39, 0.29) is 5.78 Å². The molecule has 2 N–H and O–H groups in total. The molecule has 0 heterocycles. The van der Waals surface area contributed by atoms with Crippen molar-refractivity contribution in [1.82, 2.24) is 0 Å². The fourth-order valence-corrected chi connectivity index (χ4v) is 0.297. The Morgan fingerprint density at radius 2 is 2.38 bits per heavy atom. The van der Waals surface area contributed by atoms with Crippen molar-refractivity contribution < 1.29 is 9.53 Å². The first-order valence-corrected chi connectivity index (χ1v) is 2.43. The highest BCUT2D eigenvalue weighted by molar-refractivity contribution is 5.81. The third kappa shape index (κ3) is 2.71. The molecule has 0 bridgehead atoms. The molecule has 0 saturated heterocycles. The standard InChI is InChI=1S/C5H11NO2/c1-4(7)5(6)3-8-2/h5H,3,6H2,1-2H3/t5-/m1/s1. The van der Waals surface area contributed by atoms with Gasteiger partial charge in [0.1, 0.15) is 5.78 Å². The van der Waals surface area contributed by atoms with Crippen molar-refractivity contribution in [1.29, 1.82) is 0 Å². The van der Waals surface area contributed by atoms with Gasteiger partial charge in [0.05, 0.1) is 12.6 Å². The van der Waals surface area contributed by atoms with Gasteiger partial charge in [-0.1, -0.05) is 0 Å². The Hall–Kier alpha value is -0.410.